The van der Waals surface area contributed by atoms with Gasteiger partial charge in [-0.3, -0.25) is 19.6 Å². The number of allylic oxidation sites excluding steroid dienone is 2. The predicted octanol–water partition coefficient (Wildman–Crippen LogP) is 3.83. The number of Topliss-reactive ketones (excluding diaryl/α,β-unsaturated/α-hetero) is 1. The van der Waals surface area contributed by atoms with Crippen LogP contribution in [0.4, 0.5) is 0 Å². The first-order valence-corrected chi connectivity index (χ1v) is 9.45. The number of aliphatic imine (C=N–C) groups is 1. The number of nitrogens with zero attached hydrogens (tertiary/aromatic N) is 2. The quantitative estimate of drug-likeness (QED) is 0.766. The Balaban J connectivity index is 1.81. The number of methoxy groups -OCH3 is 1. The smallest absolute Gasteiger partial charge is 0.315 e. The summed E-state index contributed by atoms with van der Waals surface area (Å²) in [5.41, 5.74) is 3.90. The van der Waals surface area contributed by atoms with Crippen LogP contribution in [-0.4, -0.2) is 29.6 Å². The van der Waals surface area contributed by atoms with E-state index < -0.39 is 11.8 Å². The standard InChI is InChI=1S/C23H22N2O3/c1-14-20(23(27)28-2)22(17-10-6-7-11-24-17)21-18(25-14)12-16(13-19(21)26)15-8-4-3-5-9-15/h3-11,16,20,22H,12-13H2,1-2H3/t16-,20?,22-/m1/s1. The summed E-state index contributed by atoms with van der Waals surface area (Å²) in [6.45, 7) is 1.83. The van der Waals surface area contributed by atoms with E-state index in [1.807, 2.05) is 43.3 Å². The fourth-order valence-corrected chi connectivity index (χ4v) is 4.33. The molecule has 5 heteroatoms. The van der Waals surface area contributed by atoms with Crippen molar-refractivity contribution >= 4 is 17.5 Å². The first-order valence-electron chi connectivity index (χ1n) is 9.45. The fourth-order valence-electron chi connectivity index (χ4n) is 4.33. The Kier molecular flexibility index (Phi) is 4.90. The Morgan fingerprint density at radius 3 is 2.50 bits per heavy atom. The number of hydrogen-bond acceptors (Lipinski definition) is 5. The van der Waals surface area contributed by atoms with Crippen LogP contribution in [0.3, 0.4) is 0 Å². The molecule has 0 amide bonds. The maximum Gasteiger partial charge on any atom is 0.315 e. The van der Waals surface area contributed by atoms with Gasteiger partial charge in [-0.1, -0.05) is 36.4 Å². The van der Waals surface area contributed by atoms with Crippen LogP contribution < -0.4 is 0 Å². The summed E-state index contributed by atoms with van der Waals surface area (Å²) in [7, 11) is 1.36. The second-order valence-corrected chi connectivity index (χ2v) is 7.29. The highest BCUT2D eigenvalue weighted by atomic mass is 16.5. The highest BCUT2D eigenvalue weighted by Gasteiger charge is 2.45. The van der Waals surface area contributed by atoms with E-state index in [-0.39, 0.29) is 17.7 Å². The van der Waals surface area contributed by atoms with Gasteiger partial charge in [0.15, 0.2) is 5.78 Å². The molecule has 5 nitrogen and oxygen atoms in total. The zero-order valence-electron chi connectivity index (χ0n) is 16.0. The van der Waals surface area contributed by atoms with E-state index >= 15 is 0 Å². The Bertz CT molecular complexity index is 964. The molecule has 0 bridgehead atoms. The number of aromatic nitrogens is 1. The minimum absolute atomic E-state index is 0.0379. The van der Waals surface area contributed by atoms with Crippen molar-refractivity contribution in [2.45, 2.75) is 31.6 Å². The van der Waals surface area contributed by atoms with E-state index in [4.69, 9.17) is 9.73 Å². The molecular formula is C23H22N2O3. The number of carbonyl (C=O) groups excluding carboxylic acids is 2. The maximum absolute atomic E-state index is 13.3. The Morgan fingerprint density at radius 2 is 1.82 bits per heavy atom. The van der Waals surface area contributed by atoms with Gasteiger partial charge < -0.3 is 4.74 Å². The van der Waals surface area contributed by atoms with E-state index in [1.54, 1.807) is 6.20 Å². The van der Waals surface area contributed by atoms with Crippen LogP contribution in [0, 0.1) is 5.92 Å². The van der Waals surface area contributed by atoms with Crippen LogP contribution >= 0.6 is 0 Å². The minimum Gasteiger partial charge on any atom is -0.468 e. The van der Waals surface area contributed by atoms with Gasteiger partial charge in [0.2, 0.25) is 0 Å². The summed E-state index contributed by atoms with van der Waals surface area (Å²) in [6.07, 6.45) is 2.78. The molecule has 0 saturated heterocycles. The number of hydrogen-bond donors (Lipinski definition) is 0. The molecule has 28 heavy (non-hydrogen) atoms. The maximum atomic E-state index is 13.3. The van der Waals surface area contributed by atoms with Crippen molar-refractivity contribution in [2.24, 2.45) is 10.9 Å². The summed E-state index contributed by atoms with van der Waals surface area (Å²) in [6, 6.07) is 15.6. The van der Waals surface area contributed by atoms with E-state index in [2.05, 4.69) is 17.1 Å². The molecule has 1 aliphatic heterocycles. The lowest BCUT2D eigenvalue weighted by Crippen LogP contribution is -2.38. The van der Waals surface area contributed by atoms with Crippen molar-refractivity contribution in [1.82, 2.24) is 4.98 Å². The van der Waals surface area contributed by atoms with E-state index in [9.17, 15) is 9.59 Å². The molecule has 0 spiro atoms. The van der Waals surface area contributed by atoms with E-state index in [0.717, 1.165) is 11.3 Å². The van der Waals surface area contributed by atoms with Crippen LogP contribution in [0.25, 0.3) is 0 Å². The third kappa shape index (κ3) is 3.17. The van der Waals surface area contributed by atoms with Gasteiger partial charge in [-0.2, -0.15) is 0 Å². The average molecular weight is 374 g/mol. The second-order valence-electron chi connectivity index (χ2n) is 7.29. The van der Waals surface area contributed by atoms with Crippen molar-refractivity contribution in [1.29, 1.82) is 0 Å². The minimum atomic E-state index is -0.629. The molecule has 2 aliphatic rings. The molecule has 0 radical (unpaired) electrons. The summed E-state index contributed by atoms with van der Waals surface area (Å²) >= 11 is 0. The number of benzene rings is 1. The zero-order valence-corrected chi connectivity index (χ0v) is 16.0. The third-order valence-corrected chi connectivity index (χ3v) is 5.62. The number of esters is 1. The van der Waals surface area contributed by atoms with Gasteiger partial charge in [-0.05, 0) is 37.0 Å². The Morgan fingerprint density at radius 1 is 1.07 bits per heavy atom. The van der Waals surface area contributed by atoms with Gasteiger partial charge in [0.25, 0.3) is 0 Å². The van der Waals surface area contributed by atoms with Crippen molar-refractivity contribution in [3.05, 3.63) is 77.3 Å². The third-order valence-electron chi connectivity index (χ3n) is 5.62. The lowest BCUT2D eigenvalue weighted by atomic mass is 9.70. The van der Waals surface area contributed by atoms with Crippen LogP contribution in [0.5, 0.6) is 0 Å². The van der Waals surface area contributed by atoms with Gasteiger partial charge in [-0.25, -0.2) is 0 Å². The number of carbonyl (C=O) groups is 2. The van der Waals surface area contributed by atoms with Crippen LogP contribution in [-0.2, 0) is 14.3 Å². The molecule has 1 aromatic heterocycles. The first-order chi connectivity index (χ1) is 13.6. The van der Waals surface area contributed by atoms with Crippen LogP contribution in [0.2, 0.25) is 0 Å². The SMILES string of the molecule is COC(=O)C1C(C)=NC2=C(C(=O)C[C@H](c3ccccc3)C2)[C@@H]1c1ccccn1. The molecule has 1 aromatic carbocycles. The van der Waals surface area contributed by atoms with Gasteiger partial charge in [-0.15, -0.1) is 0 Å². The summed E-state index contributed by atoms with van der Waals surface area (Å²) < 4.78 is 5.04. The highest BCUT2D eigenvalue weighted by molar-refractivity contribution is 6.09. The number of ketones is 1. The van der Waals surface area contributed by atoms with Crippen LogP contribution in [0.1, 0.15) is 42.9 Å². The number of pyridine rings is 1. The monoisotopic (exact) mass is 374 g/mol. The molecule has 142 valence electrons. The molecule has 1 aliphatic carbocycles. The molecule has 1 unspecified atom stereocenters. The van der Waals surface area contributed by atoms with Gasteiger partial charge in [0.1, 0.15) is 5.92 Å². The zero-order chi connectivity index (χ0) is 19.7. The molecule has 0 saturated carbocycles. The summed E-state index contributed by atoms with van der Waals surface area (Å²) in [5.74, 6) is -1.33. The lowest BCUT2D eigenvalue weighted by Gasteiger charge is -2.35. The summed E-state index contributed by atoms with van der Waals surface area (Å²) in [4.78, 5) is 35.0. The van der Waals surface area contributed by atoms with Crippen molar-refractivity contribution < 1.29 is 14.3 Å². The largest absolute Gasteiger partial charge is 0.468 e. The Labute approximate surface area is 164 Å². The van der Waals surface area contributed by atoms with Gasteiger partial charge >= 0.3 is 5.97 Å². The highest BCUT2D eigenvalue weighted by Crippen LogP contribution is 2.46. The topological polar surface area (TPSA) is 68.6 Å². The molecule has 2 heterocycles. The molecule has 0 fully saturated rings. The van der Waals surface area contributed by atoms with Gasteiger partial charge in [0.05, 0.1) is 13.0 Å². The Hall–Kier alpha value is -3.08. The van der Waals surface area contributed by atoms with Crippen LogP contribution in [0.15, 0.2) is 71.0 Å². The summed E-state index contributed by atoms with van der Waals surface area (Å²) in [5, 5.41) is 0. The molecule has 4 rings (SSSR count). The van der Waals surface area contributed by atoms with E-state index in [1.165, 1.54) is 7.11 Å². The van der Waals surface area contributed by atoms with E-state index in [0.29, 0.717) is 29.8 Å². The molecule has 2 aromatic rings. The molecular weight excluding hydrogens is 352 g/mol. The van der Waals surface area contributed by atoms with Crippen molar-refractivity contribution in [3.8, 4) is 0 Å². The molecule has 0 N–H and O–H groups in total. The van der Waals surface area contributed by atoms with Gasteiger partial charge in [0, 0.05) is 35.3 Å². The number of ether oxygens (including phenoxy) is 1. The fraction of sp³-hybridized carbons (Fsp3) is 0.304. The van der Waals surface area contributed by atoms with Crippen molar-refractivity contribution in [3.63, 3.8) is 0 Å². The second kappa shape index (κ2) is 7.50. The number of rotatable bonds is 3. The normalized spacial score (nSPS) is 24.4. The van der Waals surface area contributed by atoms with Crippen molar-refractivity contribution in [2.75, 3.05) is 7.11 Å². The molecule has 3 atom stereocenters. The lowest BCUT2D eigenvalue weighted by molar-refractivity contribution is -0.143. The predicted molar refractivity (Wildman–Crippen MR) is 106 cm³/mol. The average Bonchev–Trinajstić information content (AvgIpc) is 2.73. The first kappa shape index (κ1) is 18.3.